The van der Waals surface area contributed by atoms with Crippen LogP contribution < -0.4 is 0 Å². The van der Waals surface area contributed by atoms with Crippen molar-refractivity contribution in [1.29, 1.82) is 0 Å². The Balaban J connectivity index is 2.52. The van der Waals surface area contributed by atoms with Crippen molar-refractivity contribution < 1.29 is 23.6 Å². The van der Waals surface area contributed by atoms with Gasteiger partial charge < -0.3 is 14.4 Å². The average molecular weight is 388 g/mol. The van der Waals surface area contributed by atoms with Crippen molar-refractivity contribution in [3.63, 3.8) is 0 Å². The van der Waals surface area contributed by atoms with E-state index in [0.29, 0.717) is 5.69 Å². The Kier molecular flexibility index (Phi) is 6.11. The van der Waals surface area contributed by atoms with Gasteiger partial charge in [0.25, 0.3) is 5.88 Å². The molecule has 0 aliphatic heterocycles. The van der Waals surface area contributed by atoms with Crippen LogP contribution >= 0.6 is 23.2 Å². The Labute approximate surface area is 151 Å². The van der Waals surface area contributed by atoms with Crippen molar-refractivity contribution in [2.75, 3.05) is 6.61 Å². The topological polar surface area (TPSA) is 97.8 Å². The minimum Gasteiger partial charge on any atom is -0.506 e. The Bertz CT molecular complexity index is 864. The number of hydrogen-bond acceptors (Lipinski definition) is 7. The van der Waals surface area contributed by atoms with E-state index in [4.69, 9.17) is 32.5 Å². The van der Waals surface area contributed by atoms with Gasteiger partial charge in [0.1, 0.15) is 16.5 Å². The molecule has 2 aromatic heterocycles. The second-order valence-corrected chi connectivity index (χ2v) is 5.36. The van der Waals surface area contributed by atoms with Gasteiger partial charge in [-0.05, 0) is 19.9 Å². The Morgan fingerprint density at radius 3 is 2.76 bits per heavy atom. The number of pyridine rings is 1. The standard InChI is InChI=1S/C15H12Cl2FN3O4/c1-3-24-15(23)9(6-19-11-4-7(2)21-25-11)12(22)8-5-10(18)14(17)20-13(8)16/h4-6,22H,3H2,1-2H3/b12-9-,19-6+. The average Bonchev–Trinajstić information content (AvgIpc) is 2.96. The lowest BCUT2D eigenvalue weighted by Gasteiger charge is -2.08. The minimum absolute atomic E-state index is 0.0475. The van der Waals surface area contributed by atoms with Crippen LogP contribution in [0, 0.1) is 12.7 Å². The number of carbonyl (C=O) groups excluding carboxylic acids is 1. The normalized spacial score (nSPS) is 12.4. The van der Waals surface area contributed by atoms with Gasteiger partial charge in [0, 0.05) is 12.3 Å². The van der Waals surface area contributed by atoms with Gasteiger partial charge in [-0.15, -0.1) is 0 Å². The highest BCUT2D eigenvalue weighted by Crippen LogP contribution is 2.27. The van der Waals surface area contributed by atoms with Crippen LogP contribution in [0.3, 0.4) is 0 Å². The van der Waals surface area contributed by atoms with Crippen LogP contribution in [0.1, 0.15) is 18.2 Å². The second-order valence-electron chi connectivity index (χ2n) is 4.65. The number of hydrogen-bond donors (Lipinski definition) is 1. The molecule has 0 saturated carbocycles. The van der Waals surface area contributed by atoms with E-state index < -0.39 is 22.7 Å². The van der Waals surface area contributed by atoms with E-state index in [2.05, 4.69) is 15.1 Å². The zero-order chi connectivity index (χ0) is 18.6. The lowest BCUT2D eigenvalue weighted by atomic mass is 10.1. The van der Waals surface area contributed by atoms with E-state index in [0.717, 1.165) is 12.3 Å². The van der Waals surface area contributed by atoms with Gasteiger partial charge in [-0.3, -0.25) is 0 Å². The molecule has 0 fully saturated rings. The highest BCUT2D eigenvalue weighted by Gasteiger charge is 2.21. The molecule has 0 bridgehead atoms. The van der Waals surface area contributed by atoms with Crippen LogP contribution in [0.4, 0.5) is 10.3 Å². The van der Waals surface area contributed by atoms with Crippen molar-refractivity contribution in [2.45, 2.75) is 13.8 Å². The molecule has 1 N–H and O–H groups in total. The molecule has 0 unspecified atom stereocenters. The Morgan fingerprint density at radius 1 is 1.44 bits per heavy atom. The van der Waals surface area contributed by atoms with Gasteiger partial charge in [0.15, 0.2) is 11.0 Å². The lowest BCUT2D eigenvalue weighted by Crippen LogP contribution is -2.11. The number of esters is 1. The Morgan fingerprint density at radius 2 is 2.16 bits per heavy atom. The van der Waals surface area contributed by atoms with E-state index in [1.54, 1.807) is 13.8 Å². The van der Waals surface area contributed by atoms with Gasteiger partial charge in [0.2, 0.25) is 0 Å². The summed E-state index contributed by atoms with van der Waals surface area (Å²) in [6, 6.07) is 2.35. The van der Waals surface area contributed by atoms with Crippen LogP contribution in [0.2, 0.25) is 10.3 Å². The minimum atomic E-state index is -0.918. The molecule has 7 nitrogen and oxygen atoms in total. The fourth-order valence-corrected chi connectivity index (χ4v) is 2.13. The summed E-state index contributed by atoms with van der Waals surface area (Å²) in [5, 5.41) is 13.2. The van der Waals surface area contributed by atoms with Crippen molar-refractivity contribution >= 4 is 47.0 Å². The number of aryl methyl sites for hydroxylation is 1. The predicted octanol–water partition coefficient (Wildman–Crippen LogP) is 4.06. The molecule has 10 heteroatoms. The number of aromatic nitrogens is 2. The molecule has 0 aliphatic carbocycles. The molecular weight excluding hydrogens is 376 g/mol. The predicted molar refractivity (Wildman–Crippen MR) is 89.8 cm³/mol. The highest BCUT2D eigenvalue weighted by molar-refractivity contribution is 6.34. The third kappa shape index (κ3) is 4.55. The van der Waals surface area contributed by atoms with E-state index >= 15 is 0 Å². The van der Waals surface area contributed by atoms with Crippen LogP contribution in [0.25, 0.3) is 5.76 Å². The van der Waals surface area contributed by atoms with Crippen molar-refractivity contribution in [1.82, 2.24) is 10.1 Å². The second kappa shape index (κ2) is 8.09. The first-order valence-electron chi connectivity index (χ1n) is 6.93. The molecule has 0 atom stereocenters. The zero-order valence-electron chi connectivity index (χ0n) is 13.1. The first-order valence-corrected chi connectivity index (χ1v) is 7.68. The number of ether oxygens (including phenoxy) is 1. The molecule has 0 aromatic carbocycles. The molecule has 2 rings (SSSR count). The van der Waals surface area contributed by atoms with E-state index in [9.17, 15) is 14.3 Å². The summed E-state index contributed by atoms with van der Waals surface area (Å²) in [6.07, 6.45) is 0.996. The third-order valence-corrected chi connectivity index (χ3v) is 3.38. The number of nitrogens with zero attached hydrogens (tertiary/aromatic N) is 3. The third-order valence-electron chi connectivity index (χ3n) is 2.83. The van der Waals surface area contributed by atoms with Gasteiger partial charge in [-0.2, -0.15) is 0 Å². The summed E-state index contributed by atoms with van der Waals surface area (Å²) < 4.78 is 23.4. The lowest BCUT2D eigenvalue weighted by molar-refractivity contribution is -0.137. The van der Waals surface area contributed by atoms with Crippen molar-refractivity contribution in [2.24, 2.45) is 4.99 Å². The van der Waals surface area contributed by atoms with Gasteiger partial charge in [0.05, 0.1) is 17.9 Å². The van der Waals surface area contributed by atoms with E-state index in [1.807, 2.05) is 0 Å². The SMILES string of the molecule is CCOC(=O)C(/C=N/c1cc(C)no1)=C(\O)c1cc(F)c(Cl)nc1Cl. The van der Waals surface area contributed by atoms with Crippen LogP contribution in [0.15, 0.2) is 27.2 Å². The highest BCUT2D eigenvalue weighted by atomic mass is 35.5. The smallest absolute Gasteiger partial charge is 0.343 e. The molecule has 0 radical (unpaired) electrons. The molecule has 0 spiro atoms. The molecule has 0 amide bonds. The van der Waals surface area contributed by atoms with Crippen LogP contribution in [-0.2, 0) is 9.53 Å². The summed E-state index contributed by atoms with van der Waals surface area (Å²) in [4.78, 5) is 19.5. The number of carbonyl (C=O) groups is 1. The zero-order valence-corrected chi connectivity index (χ0v) is 14.6. The molecule has 132 valence electrons. The monoisotopic (exact) mass is 387 g/mol. The molecule has 0 aliphatic rings. The van der Waals surface area contributed by atoms with Crippen LogP contribution in [0.5, 0.6) is 0 Å². The molecule has 0 saturated heterocycles. The summed E-state index contributed by atoms with van der Waals surface area (Å²) in [5.41, 5.74) is -0.0433. The van der Waals surface area contributed by atoms with Crippen molar-refractivity contribution in [3.8, 4) is 0 Å². The maximum Gasteiger partial charge on any atom is 0.343 e. The molecule has 2 heterocycles. The molecular formula is C15H12Cl2FN3O4. The summed E-state index contributed by atoms with van der Waals surface area (Å²) in [5.74, 6) is -2.39. The summed E-state index contributed by atoms with van der Waals surface area (Å²) >= 11 is 11.4. The number of aliphatic hydroxyl groups is 1. The largest absolute Gasteiger partial charge is 0.506 e. The molecule has 2 aromatic rings. The van der Waals surface area contributed by atoms with Crippen LogP contribution in [-0.4, -0.2) is 34.0 Å². The van der Waals surface area contributed by atoms with E-state index in [1.165, 1.54) is 6.07 Å². The Hall–Kier alpha value is -2.45. The number of halogens is 3. The van der Waals surface area contributed by atoms with E-state index in [-0.39, 0.29) is 28.8 Å². The maximum absolute atomic E-state index is 13.6. The first kappa shape index (κ1) is 18.9. The quantitative estimate of drug-likeness (QED) is 0.273. The van der Waals surface area contributed by atoms with Gasteiger partial charge >= 0.3 is 5.97 Å². The summed E-state index contributed by atoms with van der Waals surface area (Å²) in [6.45, 7) is 3.32. The molecule has 25 heavy (non-hydrogen) atoms. The number of rotatable bonds is 5. The summed E-state index contributed by atoms with van der Waals surface area (Å²) in [7, 11) is 0. The first-order chi connectivity index (χ1) is 11.8. The fraction of sp³-hybridized carbons (Fsp3) is 0.200. The number of aliphatic hydroxyl groups excluding tert-OH is 1. The van der Waals surface area contributed by atoms with Gasteiger partial charge in [-0.25, -0.2) is 19.2 Å². The van der Waals surface area contributed by atoms with Crippen molar-refractivity contribution in [3.05, 3.63) is 45.1 Å². The van der Waals surface area contributed by atoms with Gasteiger partial charge in [-0.1, -0.05) is 28.4 Å². The number of aliphatic imine (C=N–C) groups is 1. The maximum atomic E-state index is 13.6. The fourth-order valence-electron chi connectivity index (χ4n) is 1.72.